The molecule has 138 valence electrons. The van der Waals surface area contributed by atoms with E-state index in [1.54, 1.807) is 24.3 Å². The van der Waals surface area contributed by atoms with E-state index >= 15 is 0 Å². The van der Waals surface area contributed by atoms with Crippen molar-refractivity contribution in [3.8, 4) is 5.75 Å². The molecule has 0 aromatic heterocycles. The number of ether oxygens (including phenoxy) is 1. The molecule has 2 rings (SSSR count). The first-order chi connectivity index (χ1) is 13.0. The molecule has 0 aliphatic carbocycles. The van der Waals surface area contributed by atoms with Gasteiger partial charge in [-0.25, -0.2) is 5.43 Å². The maximum Gasteiger partial charge on any atom is 0.310 e. The molecule has 0 saturated heterocycles. The molecule has 2 aromatic carbocycles. The zero-order valence-corrected chi connectivity index (χ0v) is 13.8. The molecule has 0 unspecified atom stereocenters. The van der Waals surface area contributed by atoms with Crippen molar-refractivity contribution in [2.45, 2.75) is 0 Å². The van der Waals surface area contributed by atoms with Gasteiger partial charge in [0.1, 0.15) is 0 Å². The Labute approximate surface area is 153 Å². The van der Waals surface area contributed by atoms with Crippen LogP contribution in [0.15, 0.2) is 59.7 Å². The number of hydrazone groups is 1. The van der Waals surface area contributed by atoms with Crippen LogP contribution in [0.25, 0.3) is 6.08 Å². The number of carbonyl (C=O) groups is 1. The van der Waals surface area contributed by atoms with E-state index in [-0.39, 0.29) is 17.1 Å². The number of nitrogens with one attached hydrogen (secondary N) is 1. The molecule has 0 radical (unpaired) electrons. The lowest BCUT2D eigenvalue weighted by molar-refractivity contribution is -0.385. The highest BCUT2D eigenvalue weighted by Crippen LogP contribution is 2.25. The second-order valence-corrected chi connectivity index (χ2v) is 5.04. The van der Waals surface area contributed by atoms with E-state index in [2.05, 4.69) is 10.5 Å². The van der Waals surface area contributed by atoms with Crippen molar-refractivity contribution >= 4 is 29.6 Å². The van der Waals surface area contributed by atoms with Crippen LogP contribution in [0.4, 0.5) is 11.4 Å². The molecule has 0 heterocycles. The summed E-state index contributed by atoms with van der Waals surface area (Å²) in [6.45, 7) is -0.448. The molecule has 1 amide bonds. The van der Waals surface area contributed by atoms with E-state index in [1.165, 1.54) is 42.6 Å². The van der Waals surface area contributed by atoms with Gasteiger partial charge in [0, 0.05) is 24.4 Å². The predicted octanol–water partition coefficient (Wildman–Crippen LogP) is 2.70. The van der Waals surface area contributed by atoms with Crippen molar-refractivity contribution in [3.05, 3.63) is 80.4 Å². The Hall–Kier alpha value is -4.08. The van der Waals surface area contributed by atoms with E-state index < -0.39 is 22.4 Å². The minimum Gasteiger partial charge on any atom is -0.477 e. The second kappa shape index (κ2) is 9.42. The van der Waals surface area contributed by atoms with E-state index in [9.17, 15) is 25.0 Å². The van der Waals surface area contributed by atoms with Crippen molar-refractivity contribution < 1.29 is 19.4 Å². The highest BCUT2D eigenvalue weighted by molar-refractivity contribution is 5.82. The fourth-order valence-corrected chi connectivity index (χ4v) is 1.95. The average Bonchev–Trinajstić information content (AvgIpc) is 2.66. The first kappa shape index (κ1) is 19.2. The molecule has 10 nitrogen and oxygen atoms in total. The van der Waals surface area contributed by atoms with Crippen LogP contribution >= 0.6 is 0 Å². The van der Waals surface area contributed by atoms with Crippen LogP contribution in [-0.4, -0.2) is 28.6 Å². The molecule has 0 aliphatic rings. The molecule has 0 atom stereocenters. The maximum atomic E-state index is 11.6. The van der Waals surface area contributed by atoms with Crippen LogP contribution in [-0.2, 0) is 4.79 Å². The van der Waals surface area contributed by atoms with Crippen molar-refractivity contribution in [2.24, 2.45) is 5.10 Å². The van der Waals surface area contributed by atoms with Crippen LogP contribution in [0, 0.1) is 20.2 Å². The number of nitro groups is 2. The van der Waals surface area contributed by atoms with Crippen LogP contribution in [0.2, 0.25) is 0 Å². The van der Waals surface area contributed by atoms with Gasteiger partial charge in [0.2, 0.25) is 0 Å². The molecule has 0 bridgehead atoms. The molecule has 10 heteroatoms. The average molecular weight is 370 g/mol. The fraction of sp³-hybridized carbons (Fsp3) is 0.0588. The van der Waals surface area contributed by atoms with Gasteiger partial charge in [0.05, 0.1) is 9.85 Å². The van der Waals surface area contributed by atoms with Crippen molar-refractivity contribution in [1.82, 2.24) is 5.43 Å². The monoisotopic (exact) mass is 370 g/mol. The lowest BCUT2D eigenvalue weighted by atomic mass is 10.2. The Morgan fingerprint density at radius 1 is 1.11 bits per heavy atom. The molecule has 0 aliphatic heterocycles. The van der Waals surface area contributed by atoms with E-state index in [4.69, 9.17) is 4.74 Å². The number of amides is 1. The minimum absolute atomic E-state index is 0.0211. The number of non-ortho nitro benzene ring substituents is 1. The standard InChI is InChI=1S/C17H14N4O6/c22-17(12-27-16-9-2-1-8-15(16)21(25)26)19-18-10-4-6-13-5-3-7-14(11-13)20(23)24/h1-11H,12H2,(H,19,22)/b6-4+,18-10-. The lowest BCUT2D eigenvalue weighted by Crippen LogP contribution is -2.24. The second-order valence-electron chi connectivity index (χ2n) is 5.04. The Morgan fingerprint density at radius 3 is 2.63 bits per heavy atom. The van der Waals surface area contributed by atoms with Gasteiger partial charge in [0.15, 0.2) is 12.4 Å². The summed E-state index contributed by atoms with van der Waals surface area (Å²) in [6.07, 6.45) is 4.34. The zero-order valence-electron chi connectivity index (χ0n) is 13.8. The summed E-state index contributed by atoms with van der Waals surface area (Å²) >= 11 is 0. The van der Waals surface area contributed by atoms with Gasteiger partial charge in [-0.3, -0.25) is 25.0 Å². The summed E-state index contributed by atoms with van der Waals surface area (Å²) in [5, 5.41) is 25.2. The first-order valence-corrected chi connectivity index (χ1v) is 7.56. The molecule has 1 N–H and O–H groups in total. The summed E-state index contributed by atoms with van der Waals surface area (Å²) in [5.41, 5.74) is 2.52. The van der Waals surface area contributed by atoms with Gasteiger partial charge in [-0.15, -0.1) is 0 Å². The van der Waals surface area contributed by atoms with Crippen LogP contribution in [0.1, 0.15) is 5.56 Å². The van der Waals surface area contributed by atoms with Gasteiger partial charge < -0.3 is 4.74 Å². The van der Waals surface area contributed by atoms with E-state index in [1.807, 2.05) is 0 Å². The van der Waals surface area contributed by atoms with Gasteiger partial charge >= 0.3 is 5.69 Å². The Balaban J connectivity index is 1.83. The molecule has 0 fully saturated rings. The molecule has 0 saturated carbocycles. The number of hydrogen-bond donors (Lipinski definition) is 1. The van der Waals surface area contributed by atoms with E-state index in [0.29, 0.717) is 5.56 Å². The number of allylic oxidation sites excluding steroid dienone is 1. The maximum absolute atomic E-state index is 11.6. The third-order valence-electron chi connectivity index (χ3n) is 3.14. The van der Waals surface area contributed by atoms with Gasteiger partial charge in [-0.05, 0) is 17.7 Å². The number of para-hydroxylation sites is 2. The largest absolute Gasteiger partial charge is 0.477 e. The highest BCUT2D eigenvalue weighted by Gasteiger charge is 2.14. The van der Waals surface area contributed by atoms with Gasteiger partial charge in [0.25, 0.3) is 11.6 Å². The molecular formula is C17H14N4O6. The summed E-state index contributed by atoms with van der Waals surface area (Å²) < 4.78 is 5.11. The fourth-order valence-electron chi connectivity index (χ4n) is 1.95. The number of rotatable bonds is 8. The third-order valence-corrected chi connectivity index (χ3v) is 3.14. The molecule has 27 heavy (non-hydrogen) atoms. The zero-order chi connectivity index (χ0) is 19.6. The van der Waals surface area contributed by atoms with Crippen LogP contribution < -0.4 is 10.2 Å². The Bertz CT molecular complexity index is 910. The number of nitrogens with zero attached hydrogens (tertiary/aromatic N) is 3. The molecule has 0 spiro atoms. The number of nitro benzene ring substituents is 2. The normalized spacial score (nSPS) is 10.8. The number of benzene rings is 2. The summed E-state index contributed by atoms with van der Waals surface area (Å²) in [4.78, 5) is 32.1. The first-order valence-electron chi connectivity index (χ1n) is 7.56. The van der Waals surface area contributed by atoms with Crippen LogP contribution in [0.5, 0.6) is 5.75 Å². The molecule has 2 aromatic rings. The van der Waals surface area contributed by atoms with Crippen molar-refractivity contribution in [1.29, 1.82) is 0 Å². The summed E-state index contributed by atoms with van der Waals surface area (Å²) in [6, 6.07) is 11.7. The predicted molar refractivity (Wildman–Crippen MR) is 97.4 cm³/mol. The number of hydrogen-bond acceptors (Lipinski definition) is 7. The van der Waals surface area contributed by atoms with Gasteiger partial charge in [-0.1, -0.05) is 30.3 Å². The van der Waals surface area contributed by atoms with Crippen LogP contribution in [0.3, 0.4) is 0 Å². The quantitative estimate of drug-likeness (QED) is 0.431. The number of carbonyl (C=O) groups excluding carboxylic acids is 1. The Morgan fingerprint density at radius 2 is 1.89 bits per heavy atom. The highest BCUT2D eigenvalue weighted by atomic mass is 16.6. The van der Waals surface area contributed by atoms with Gasteiger partial charge in [-0.2, -0.15) is 5.10 Å². The topological polar surface area (TPSA) is 137 Å². The Kier molecular flexibility index (Phi) is 6.71. The molecular weight excluding hydrogens is 356 g/mol. The summed E-state index contributed by atoms with van der Waals surface area (Å²) in [5.74, 6) is -0.625. The SMILES string of the molecule is O=C(COc1ccccc1[N+](=O)[O-])N/N=C\C=C\c1cccc([N+](=O)[O-])c1. The van der Waals surface area contributed by atoms with E-state index in [0.717, 1.165) is 0 Å². The lowest BCUT2D eigenvalue weighted by Gasteiger charge is -2.05. The minimum atomic E-state index is -0.607. The summed E-state index contributed by atoms with van der Waals surface area (Å²) in [7, 11) is 0. The third kappa shape index (κ3) is 6.05. The smallest absolute Gasteiger partial charge is 0.310 e. The van der Waals surface area contributed by atoms with Crippen molar-refractivity contribution in [2.75, 3.05) is 6.61 Å². The van der Waals surface area contributed by atoms with Crippen molar-refractivity contribution in [3.63, 3.8) is 0 Å².